The highest BCUT2D eigenvalue weighted by atomic mass is 35.5. The number of ketones is 1. The van der Waals surface area contributed by atoms with E-state index in [1.165, 1.54) is 0 Å². The molecule has 94 valence electrons. The van der Waals surface area contributed by atoms with Gasteiger partial charge in [0.1, 0.15) is 0 Å². The van der Waals surface area contributed by atoms with Crippen molar-refractivity contribution in [1.82, 2.24) is 4.90 Å². The second-order valence-corrected chi connectivity index (χ2v) is 5.08. The van der Waals surface area contributed by atoms with E-state index in [0.717, 1.165) is 13.0 Å². The van der Waals surface area contributed by atoms with Crippen LogP contribution in [-0.4, -0.2) is 30.8 Å². The lowest BCUT2D eigenvalue weighted by Gasteiger charge is -2.19. The summed E-state index contributed by atoms with van der Waals surface area (Å²) in [7, 11) is 1.98. The highest BCUT2D eigenvalue weighted by Crippen LogP contribution is 2.12. The van der Waals surface area contributed by atoms with Gasteiger partial charge in [-0.05, 0) is 25.1 Å². The molecule has 0 aliphatic heterocycles. The average molecular weight is 254 g/mol. The lowest BCUT2D eigenvalue weighted by molar-refractivity contribution is 0.0939. The quantitative estimate of drug-likeness (QED) is 0.724. The largest absolute Gasteiger partial charge is 0.299 e. The molecule has 1 unspecified atom stereocenters. The van der Waals surface area contributed by atoms with E-state index in [1.54, 1.807) is 12.1 Å². The van der Waals surface area contributed by atoms with Crippen LogP contribution in [0.1, 0.15) is 30.6 Å². The van der Waals surface area contributed by atoms with E-state index in [9.17, 15) is 4.79 Å². The van der Waals surface area contributed by atoms with Crippen LogP contribution in [0.2, 0.25) is 5.02 Å². The number of likely N-dealkylation sites (N-methyl/N-ethyl adjacent to an activating group) is 1. The van der Waals surface area contributed by atoms with Crippen LogP contribution in [0.3, 0.4) is 0 Å². The molecule has 0 saturated carbocycles. The molecule has 0 aromatic heterocycles. The lowest BCUT2D eigenvalue weighted by Crippen LogP contribution is -2.30. The molecular weight excluding hydrogens is 234 g/mol. The highest BCUT2D eigenvalue weighted by molar-refractivity contribution is 6.31. The number of hydrogen-bond donors (Lipinski definition) is 0. The summed E-state index contributed by atoms with van der Waals surface area (Å²) in [5.41, 5.74) is 0.688. The molecule has 0 amide bonds. The van der Waals surface area contributed by atoms with E-state index in [1.807, 2.05) is 19.2 Å². The fourth-order valence-corrected chi connectivity index (χ4v) is 1.91. The van der Waals surface area contributed by atoms with Crippen molar-refractivity contribution in [2.75, 3.05) is 20.1 Å². The van der Waals surface area contributed by atoms with Gasteiger partial charge in [0.15, 0.2) is 5.78 Å². The van der Waals surface area contributed by atoms with Crippen LogP contribution in [0, 0.1) is 5.92 Å². The Morgan fingerprint density at radius 3 is 2.76 bits per heavy atom. The molecule has 2 nitrogen and oxygen atoms in total. The first-order valence-corrected chi connectivity index (χ1v) is 6.38. The van der Waals surface area contributed by atoms with Crippen LogP contribution >= 0.6 is 11.6 Å². The Bertz CT molecular complexity index is 378. The number of carbonyl (C=O) groups is 1. The molecule has 3 heteroatoms. The van der Waals surface area contributed by atoms with Crippen LogP contribution < -0.4 is 0 Å². The SMILES string of the molecule is CCC(C)CN(C)CC(=O)c1cccc(Cl)c1. The molecule has 0 aliphatic carbocycles. The third-order valence-corrected chi connectivity index (χ3v) is 3.12. The van der Waals surface area contributed by atoms with Gasteiger partial charge in [-0.15, -0.1) is 0 Å². The Morgan fingerprint density at radius 1 is 1.47 bits per heavy atom. The Balaban J connectivity index is 2.54. The summed E-state index contributed by atoms with van der Waals surface area (Å²) in [6.07, 6.45) is 1.13. The Labute approximate surface area is 109 Å². The molecule has 0 saturated heterocycles. The summed E-state index contributed by atoms with van der Waals surface area (Å²) in [4.78, 5) is 14.0. The number of nitrogens with zero attached hydrogens (tertiary/aromatic N) is 1. The standard InChI is InChI=1S/C14H20ClNO/c1-4-11(2)9-16(3)10-14(17)12-6-5-7-13(15)8-12/h5-8,11H,4,9-10H2,1-3H3. The predicted octanol–water partition coefficient (Wildman–Crippen LogP) is 3.50. The van der Waals surface area contributed by atoms with Gasteiger partial charge in [0.25, 0.3) is 0 Å². The minimum atomic E-state index is 0.123. The van der Waals surface area contributed by atoms with Crippen molar-refractivity contribution in [3.8, 4) is 0 Å². The first kappa shape index (κ1) is 14.2. The zero-order valence-corrected chi connectivity index (χ0v) is 11.5. The van der Waals surface area contributed by atoms with E-state index in [2.05, 4.69) is 18.7 Å². The van der Waals surface area contributed by atoms with Gasteiger partial charge in [0, 0.05) is 17.1 Å². The summed E-state index contributed by atoms with van der Waals surface area (Å²) in [6.45, 7) is 5.76. The Kier molecular flexibility index (Phi) is 5.66. The van der Waals surface area contributed by atoms with Crippen molar-refractivity contribution in [3.63, 3.8) is 0 Å². The smallest absolute Gasteiger partial charge is 0.176 e. The van der Waals surface area contributed by atoms with Crippen molar-refractivity contribution >= 4 is 17.4 Å². The van der Waals surface area contributed by atoms with E-state index >= 15 is 0 Å². The summed E-state index contributed by atoms with van der Waals surface area (Å²) < 4.78 is 0. The molecule has 0 N–H and O–H groups in total. The Hall–Kier alpha value is -0.860. The van der Waals surface area contributed by atoms with Crippen molar-refractivity contribution in [3.05, 3.63) is 34.9 Å². The number of benzene rings is 1. The van der Waals surface area contributed by atoms with E-state index in [0.29, 0.717) is 23.0 Å². The van der Waals surface area contributed by atoms with E-state index < -0.39 is 0 Å². The summed E-state index contributed by atoms with van der Waals surface area (Å²) in [6, 6.07) is 7.12. The predicted molar refractivity (Wildman–Crippen MR) is 72.7 cm³/mol. The van der Waals surface area contributed by atoms with Gasteiger partial charge in [-0.3, -0.25) is 9.69 Å². The second-order valence-electron chi connectivity index (χ2n) is 4.64. The number of halogens is 1. The van der Waals surface area contributed by atoms with Gasteiger partial charge in [-0.25, -0.2) is 0 Å². The maximum absolute atomic E-state index is 12.0. The third kappa shape index (κ3) is 4.88. The van der Waals surface area contributed by atoms with Crippen LogP contribution in [-0.2, 0) is 0 Å². The maximum Gasteiger partial charge on any atom is 0.176 e. The molecule has 0 fully saturated rings. The van der Waals surface area contributed by atoms with Crippen LogP contribution in [0.15, 0.2) is 24.3 Å². The molecule has 1 rings (SSSR count). The zero-order chi connectivity index (χ0) is 12.8. The zero-order valence-electron chi connectivity index (χ0n) is 10.7. The summed E-state index contributed by atoms with van der Waals surface area (Å²) in [5.74, 6) is 0.741. The molecule has 1 aromatic rings. The van der Waals surface area contributed by atoms with Gasteiger partial charge < -0.3 is 0 Å². The molecule has 0 spiro atoms. The topological polar surface area (TPSA) is 20.3 Å². The van der Waals surface area contributed by atoms with Crippen LogP contribution in [0.5, 0.6) is 0 Å². The third-order valence-electron chi connectivity index (χ3n) is 2.88. The van der Waals surface area contributed by atoms with Gasteiger partial charge in [-0.2, -0.15) is 0 Å². The number of hydrogen-bond acceptors (Lipinski definition) is 2. The minimum Gasteiger partial charge on any atom is -0.299 e. The molecule has 0 heterocycles. The normalized spacial score (nSPS) is 12.8. The monoisotopic (exact) mass is 253 g/mol. The first-order valence-electron chi connectivity index (χ1n) is 6.00. The molecule has 1 atom stereocenters. The van der Waals surface area contributed by atoms with Gasteiger partial charge in [-0.1, -0.05) is 44.0 Å². The Morgan fingerprint density at radius 2 is 2.18 bits per heavy atom. The fourth-order valence-electron chi connectivity index (χ4n) is 1.72. The molecule has 17 heavy (non-hydrogen) atoms. The van der Waals surface area contributed by atoms with Crippen molar-refractivity contribution in [2.24, 2.45) is 5.92 Å². The van der Waals surface area contributed by atoms with Crippen molar-refractivity contribution in [2.45, 2.75) is 20.3 Å². The van der Waals surface area contributed by atoms with Crippen LogP contribution in [0.4, 0.5) is 0 Å². The molecule has 0 radical (unpaired) electrons. The average Bonchev–Trinajstić information content (AvgIpc) is 2.28. The number of carbonyl (C=O) groups excluding carboxylic acids is 1. The number of Topliss-reactive ketones (excluding diaryl/α,β-unsaturated/α-hetero) is 1. The second kappa shape index (κ2) is 6.77. The van der Waals surface area contributed by atoms with Crippen LogP contribution in [0.25, 0.3) is 0 Å². The molecule has 1 aromatic carbocycles. The fraction of sp³-hybridized carbons (Fsp3) is 0.500. The van der Waals surface area contributed by atoms with Gasteiger partial charge in [0.05, 0.1) is 6.54 Å². The maximum atomic E-state index is 12.0. The van der Waals surface area contributed by atoms with E-state index in [4.69, 9.17) is 11.6 Å². The summed E-state index contributed by atoms with van der Waals surface area (Å²) >= 11 is 5.87. The lowest BCUT2D eigenvalue weighted by atomic mass is 10.1. The molecule has 0 bridgehead atoms. The van der Waals surface area contributed by atoms with Crippen molar-refractivity contribution < 1.29 is 4.79 Å². The molecule has 0 aliphatic rings. The highest BCUT2D eigenvalue weighted by Gasteiger charge is 2.11. The molecular formula is C14H20ClNO. The van der Waals surface area contributed by atoms with E-state index in [-0.39, 0.29) is 5.78 Å². The minimum absolute atomic E-state index is 0.123. The first-order chi connectivity index (χ1) is 8.02. The van der Waals surface area contributed by atoms with Gasteiger partial charge in [0.2, 0.25) is 0 Å². The summed E-state index contributed by atoms with van der Waals surface area (Å²) in [5, 5.41) is 0.612. The van der Waals surface area contributed by atoms with Gasteiger partial charge >= 0.3 is 0 Å². The van der Waals surface area contributed by atoms with Crippen molar-refractivity contribution in [1.29, 1.82) is 0 Å². The number of rotatable bonds is 6.